The molecule has 1 aliphatic heterocycles. The second kappa shape index (κ2) is 6.01. The van der Waals surface area contributed by atoms with Gasteiger partial charge < -0.3 is 9.30 Å². The van der Waals surface area contributed by atoms with Crippen molar-refractivity contribution < 1.29 is 13.5 Å². The van der Waals surface area contributed by atoms with Gasteiger partial charge in [0.1, 0.15) is 11.6 Å². The van der Waals surface area contributed by atoms with Gasteiger partial charge in [-0.3, -0.25) is 0 Å². The van der Waals surface area contributed by atoms with E-state index in [1.807, 2.05) is 18.2 Å². The highest BCUT2D eigenvalue weighted by Gasteiger charge is 2.31. The van der Waals surface area contributed by atoms with E-state index in [2.05, 4.69) is 25.5 Å². The van der Waals surface area contributed by atoms with E-state index in [0.717, 1.165) is 34.2 Å². The zero-order valence-corrected chi connectivity index (χ0v) is 14.7. The van der Waals surface area contributed by atoms with Crippen LogP contribution in [0.15, 0.2) is 40.9 Å². The van der Waals surface area contributed by atoms with Crippen molar-refractivity contribution in [3.8, 4) is 5.75 Å². The number of benzene rings is 2. The van der Waals surface area contributed by atoms with Crippen molar-refractivity contribution in [2.75, 3.05) is 0 Å². The first-order valence-corrected chi connectivity index (χ1v) is 8.61. The van der Waals surface area contributed by atoms with Crippen molar-refractivity contribution in [3.63, 3.8) is 0 Å². The molecule has 1 aromatic heterocycles. The van der Waals surface area contributed by atoms with Gasteiger partial charge in [-0.15, -0.1) is 0 Å². The summed E-state index contributed by atoms with van der Waals surface area (Å²) in [5.74, 6) is 1.11. The molecule has 24 heavy (non-hydrogen) atoms. The predicted molar refractivity (Wildman–Crippen MR) is 92.0 cm³/mol. The predicted octanol–water partition coefficient (Wildman–Crippen LogP) is 5.59. The van der Waals surface area contributed by atoms with E-state index in [1.54, 1.807) is 18.2 Å². The van der Waals surface area contributed by atoms with Crippen LogP contribution in [-0.2, 0) is 6.42 Å². The first kappa shape index (κ1) is 15.8. The van der Waals surface area contributed by atoms with Crippen LogP contribution in [0.1, 0.15) is 23.9 Å². The third-order valence-electron chi connectivity index (χ3n) is 4.24. The van der Waals surface area contributed by atoms with Crippen LogP contribution < -0.4 is 4.74 Å². The van der Waals surface area contributed by atoms with Crippen LogP contribution in [0, 0.1) is 0 Å². The molecular formula is C17H12BrClF2N2O. The van der Waals surface area contributed by atoms with Gasteiger partial charge in [0.15, 0.2) is 0 Å². The van der Waals surface area contributed by atoms with Gasteiger partial charge in [0.25, 0.3) is 0 Å². The molecule has 3 aromatic rings. The highest BCUT2D eigenvalue weighted by atomic mass is 79.9. The van der Waals surface area contributed by atoms with Gasteiger partial charge in [-0.2, -0.15) is 8.78 Å². The summed E-state index contributed by atoms with van der Waals surface area (Å²) in [7, 11) is 0. The van der Waals surface area contributed by atoms with Crippen LogP contribution in [0.4, 0.5) is 8.78 Å². The SMILES string of the molecule is FC(F)Oc1cccc(Br)c1[C@H]1CCc2nc3ccc(Cl)cc3n21. The first-order valence-electron chi connectivity index (χ1n) is 7.44. The average molecular weight is 414 g/mol. The molecule has 0 radical (unpaired) electrons. The number of hydrogen-bond donors (Lipinski definition) is 0. The van der Waals surface area contributed by atoms with E-state index in [1.165, 1.54) is 0 Å². The molecule has 0 saturated heterocycles. The maximum atomic E-state index is 12.8. The molecule has 0 spiro atoms. The Bertz CT molecular complexity index is 928. The highest BCUT2D eigenvalue weighted by molar-refractivity contribution is 9.10. The van der Waals surface area contributed by atoms with E-state index in [0.29, 0.717) is 10.6 Å². The fraction of sp³-hybridized carbons (Fsp3) is 0.235. The number of halogens is 4. The second-order valence-corrected chi connectivity index (χ2v) is 6.91. The van der Waals surface area contributed by atoms with Crippen LogP contribution in [-0.4, -0.2) is 16.2 Å². The van der Waals surface area contributed by atoms with Gasteiger partial charge in [0, 0.05) is 21.5 Å². The van der Waals surface area contributed by atoms with Crippen molar-refractivity contribution in [3.05, 3.63) is 57.3 Å². The lowest BCUT2D eigenvalue weighted by Crippen LogP contribution is -2.11. The molecule has 1 aliphatic rings. The fourth-order valence-corrected chi connectivity index (χ4v) is 4.13. The number of nitrogens with zero attached hydrogens (tertiary/aromatic N) is 2. The summed E-state index contributed by atoms with van der Waals surface area (Å²) in [6, 6.07) is 10.5. The van der Waals surface area contributed by atoms with E-state index in [-0.39, 0.29) is 11.8 Å². The van der Waals surface area contributed by atoms with Crippen molar-refractivity contribution in [2.45, 2.75) is 25.5 Å². The summed E-state index contributed by atoms with van der Waals surface area (Å²) in [6.07, 6.45) is 1.54. The van der Waals surface area contributed by atoms with Crippen molar-refractivity contribution >= 4 is 38.6 Å². The molecule has 2 heterocycles. The maximum Gasteiger partial charge on any atom is 0.387 e. The number of aryl methyl sites for hydroxylation is 1. The Morgan fingerprint density at radius 2 is 2.12 bits per heavy atom. The lowest BCUT2D eigenvalue weighted by atomic mass is 10.0. The molecular weight excluding hydrogens is 402 g/mol. The van der Waals surface area contributed by atoms with Gasteiger partial charge >= 0.3 is 6.61 Å². The molecule has 0 saturated carbocycles. The molecule has 0 fully saturated rings. The number of alkyl halides is 2. The first-order chi connectivity index (χ1) is 11.5. The minimum absolute atomic E-state index is 0.132. The molecule has 1 atom stereocenters. The summed E-state index contributed by atoms with van der Waals surface area (Å²) in [6.45, 7) is -2.87. The van der Waals surface area contributed by atoms with Gasteiger partial charge in [-0.05, 0) is 36.8 Å². The summed E-state index contributed by atoms with van der Waals surface area (Å²) in [5.41, 5.74) is 2.46. The largest absolute Gasteiger partial charge is 0.434 e. The molecule has 124 valence electrons. The summed E-state index contributed by atoms with van der Waals surface area (Å²) in [5, 5.41) is 0.618. The Kier molecular flexibility index (Phi) is 3.96. The molecule has 0 amide bonds. The highest BCUT2D eigenvalue weighted by Crippen LogP contribution is 2.43. The number of rotatable bonds is 3. The maximum absolute atomic E-state index is 12.8. The van der Waals surface area contributed by atoms with Crippen LogP contribution in [0.3, 0.4) is 0 Å². The van der Waals surface area contributed by atoms with Gasteiger partial charge in [-0.25, -0.2) is 4.98 Å². The Balaban J connectivity index is 1.90. The molecule has 0 bridgehead atoms. The Morgan fingerprint density at radius 1 is 1.29 bits per heavy atom. The zero-order valence-electron chi connectivity index (χ0n) is 12.3. The number of hydrogen-bond acceptors (Lipinski definition) is 2. The standard InChI is InChI=1S/C17H12BrClF2N2O/c18-10-2-1-3-14(24-17(20)21)16(10)12-6-7-15-22-11-5-4-9(19)8-13(11)23(12)15/h1-5,8,12,17H,6-7H2/t12-/m1/s1. The van der Waals surface area contributed by atoms with Crippen LogP contribution in [0.2, 0.25) is 5.02 Å². The van der Waals surface area contributed by atoms with E-state index in [9.17, 15) is 8.78 Å². The smallest absolute Gasteiger partial charge is 0.387 e. The van der Waals surface area contributed by atoms with Gasteiger partial charge in [-0.1, -0.05) is 33.6 Å². The molecule has 2 aromatic carbocycles. The van der Waals surface area contributed by atoms with Crippen molar-refractivity contribution in [2.24, 2.45) is 0 Å². The van der Waals surface area contributed by atoms with Crippen molar-refractivity contribution in [1.29, 1.82) is 0 Å². The van der Waals surface area contributed by atoms with E-state index >= 15 is 0 Å². The second-order valence-electron chi connectivity index (χ2n) is 5.62. The summed E-state index contributed by atoms with van der Waals surface area (Å²) in [4.78, 5) is 4.63. The zero-order chi connectivity index (χ0) is 16.8. The summed E-state index contributed by atoms with van der Waals surface area (Å²) >= 11 is 9.61. The number of aromatic nitrogens is 2. The quantitative estimate of drug-likeness (QED) is 0.560. The molecule has 0 N–H and O–H groups in total. The lowest BCUT2D eigenvalue weighted by Gasteiger charge is -2.20. The average Bonchev–Trinajstić information content (AvgIpc) is 3.06. The molecule has 0 unspecified atom stereocenters. The van der Waals surface area contributed by atoms with Crippen LogP contribution >= 0.6 is 27.5 Å². The Labute approximate surface area is 150 Å². The van der Waals surface area contributed by atoms with Gasteiger partial charge in [0.05, 0.1) is 17.1 Å². The molecule has 3 nitrogen and oxygen atoms in total. The van der Waals surface area contributed by atoms with Crippen LogP contribution in [0.25, 0.3) is 11.0 Å². The van der Waals surface area contributed by atoms with Crippen molar-refractivity contribution in [1.82, 2.24) is 9.55 Å². The third kappa shape index (κ3) is 2.58. The van der Waals surface area contributed by atoms with E-state index < -0.39 is 6.61 Å². The Hall–Kier alpha value is -1.66. The molecule has 0 aliphatic carbocycles. The minimum atomic E-state index is -2.87. The number of imidazole rings is 1. The topological polar surface area (TPSA) is 27.1 Å². The minimum Gasteiger partial charge on any atom is -0.434 e. The van der Waals surface area contributed by atoms with Crippen LogP contribution in [0.5, 0.6) is 5.75 Å². The fourth-order valence-electron chi connectivity index (χ4n) is 3.35. The number of ether oxygens (including phenoxy) is 1. The number of fused-ring (bicyclic) bond motifs is 3. The third-order valence-corrected chi connectivity index (χ3v) is 5.17. The normalized spacial score (nSPS) is 16.8. The monoisotopic (exact) mass is 412 g/mol. The van der Waals surface area contributed by atoms with Gasteiger partial charge in [0.2, 0.25) is 0 Å². The molecule has 7 heteroatoms. The molecule has 4 rings (SSSR count). The Morgan fingerprint density at radius 3 is 2.92 bits per heavy atom. The van der Waals surface area contributed by atoms with E-state index in [4.69, 9.17) is 16.3 Å². The lowest BCUT2D eigenvalue weighted by molar-refractivity contribution is -0.0507. The summed E-state index contributed by atoms with van der Waals surface area (Å²) < 4.78 is 33.1.